The molecule has 2 rings (SSSR count). The van der Waals surface area contributed by atoms with Gasteiger partial charge in [0.25, 0.3) is 0 Å². The molecule has 0 aliphatic rings. The van der Waals surface area contributed by atoms with Crippen LogP contribution in [0.15, 0.2) is 42.7 Å². The molecule has 0 saturated carbocycles. The first-order valence-corrected chi connectivity index (χ1v) is 5.57. The molecule has 1 aromatic heterocycles. The first kappa shape index (κ1) is 13.2. The van der Waals surface area contributed by atoms with Crippen molar-refractivity contribution in [2.24, 2.45) is 0 Å². The van der Waals surface area contributed by atoms with E-state index in [2.05, 4.69) is 10.3 Å². The van der Waals surface area contributed by atoms with Gasteiger partial charge >= 0.3 is 6.18 Å². The summed E-state index contributed by atoms with van der Waals surface area (Å²) in [5.74, 6) is 0. The molecule has 0 unspecified atom stereocenters. The molecule has 19 heavy (non-hydrogen) atoms. The van der Waals surface area contributed by atoms with Gasteiger partial charge in [0.15, 0.2) is 0 Å². The van der Waals surface area contributed by atoms with Crippen LogP contribution in [0.3, 0.4) is 0 Å². The second kappa shape index (κ2) is 5.17. The number of hydrogen-bond donors (Lipinski definition) is 2. The van der Waals surface area contributed by atoms with E-state index in [0.717, 1.165) is 6.07 Å². The van der Waals surface area contributed by atoms with Gasteiger partial charge in [-0.05, 0) is 17.7 Å². The largest absolute Gasteiger partial charge is 0.416 e. The molecule has 0 aliphatic heterocycles. The maximum atomic E-state index is 12.8. The Morgan fingerprint density at radius 3 is 2.58 bits per heavy atom. The van der Waals surface area contributed by atoms with Crippen LogP contribution in [-0.4, -0.2) is 4.98 Å². The first-order chi connectivity index (χ1) is 8.98. The van der Waals surface area contributed by atoms with Crippen molar-refractivity contribution in [2.75, 3.05) is 11.1 Å². The summed E-state index contributed by atoms with van der Waals surface area (Å²) in [7, 11) is 0. The molecule has 2 aromatic rings. The van der Waals surface area contributed by atoms with E-state index in [-0.39, 0.29) is 12.1 Å². The third-order valence-corrected chi connectivity index (χ3v) is 2.64. The normalized spacial score (nSPS) is 11.3. The number of aromatic nitrogens is 1. The summed E-state index contributed by atoms with van der Waals surface area (Å²) in [4.78, 5) is 3.81. The monoisotopic (exact) mass is 267 g/mol. The lowest BCUT2D eigenvalue weighted by Gasteiger charge is -2.14. The third-order valence-electron chi connectivity index (χ3n) is 2.64. The summed E-state index contributed by atoms with van der Waals surface area (Å²) in [6.45, 7) is 0.0455. The van der Waals surface area contributed by atoms with Crippen LogP contribution < -0.4 is 11.1 Å². The fourth-order valence-corrected chi connectivity index (χ4v) is 1.71. The summed E-state index contributed by atoms with van der Waals surface area (Å²) in [6, 6.07) is 7.06. The lowest BCUT2D eigenvalue weighted by atomic mass is 10.1. The maximum absolute atomic E-state index is 12.8. The minimum absolute atomic E-state index is 0.0455. The molecular formula is C13H12F3N3. The molecular weight excluding hydrogens is 255 g/mol. The van der Waals surface area contributed by atoms with E-state index in [4.69, 9.17) is 5.73 Å². The Bertz CT molecular complexity index is 567. The van der Waals surface area contributed by atoms with Gasteiger partial charge in [-0.15, -0.1) is 0 Å². The third kappa shape index (κ3) is 3.15. The molecule has 0 atom stereocenters. The van der Waals surface area contributed by atoms with Crippen molar-refractivity contribution >= 4 is 11.4 Å². The van der Waals surface area contributed by atoms with E-state index >= 15 is 0 Å². The Kier molecular flexibility index (Phi) is 3.59. The van der Waals surface area contributed by atoms with Gasteiger partial charge in [0.05, 0.1) is 23.1 Å². The average Bonchev–Trinajstić information content (AvgIpc) is 2.37. The van der Waals surface area contributed by atoms with Gasteiger partial charge in [0, 0.05) is 12.7 Å². The molecule has 3 N–H and O–H groups in total. The number of nitrogens with two attached hydrogens (primary N) is 1. The highest BCUT2D eigenvalue weighted by molar-refractivity contribution is 5.64. The lowest BCUT2D eigenvalue weighted by Crippen LogP contribution is -2.12. The fraction of sp³-hybridized carbons (Fsp3) is 0.154. The van der Waals surface area contributed by atoms with E-state index in [1.807, 2.05) is 0 Å². The van der Waals surface area contributed by atoms with Gasteiger partial charge in [-0.25, -0.2) is 0 Å². The Morgan fingerprint density at radius 1 is 1.16 bits per heavy atom. The van der Waals surface area contributed by atoms with Crippen LogP contribution >= 0.6 is 0 Å². The summed E-state index contributed by atoms with van der Waals surface area (Å²) in [6.07, 6.45) is -1.39. The zero-order chi connectivity index (χ0) is 13.9. The maximum Gasteiger partial charge on any atom is 0.416 e. The van der Waals surface area contributed by atoms with Crippen LogP contribution in [0.5, 0.6) is 0 Å². The quantitative estimate of drug-likeness (QED) is 0.897. The number of anilines is 2. The number of nitrogens with zero attached hydrogens (tertiary/aromatic N) is 1. The second-order valence-electron chi connectivity index (χ2n) is 3.97. The number of hydrogen-bond acceptors (Lipinski definition) is 3. The predicted molar refractivity (Wildman–Crippen MR) is 67.4 cm³/mol. The van der Waals surface area contributed by atoms with Crippen LogP contribution in [0.2, 0.25) is 0 Å². The minimum atomic E-state index is -4.36. The van der Waals surface area contributed by atoms with Crippen molar-refractivity contribution in [3.8, 4) is 0 Å². The van der Waals surface area contributed by atoms with Gasteiger partial charge in [0.1, 0.15) is 0 Å². The van der Waals surface area contributed by atoms with E-state index in [1.165, 1.54) is 24.5 Å². The Balaban J connectivity index is 2.19. The van der Waals surface area contributed by atoms with Gasteiger partial charge in [-0.1, -0.05) is 18.2 Å². The van der Waals surface area contributed by atoms with Gasteiger partial charge < -0.3 is 11.1 Å². The highest BCUT2D eigenvalue weighted by atomic mass is 19.4. The van der Waals surface area contributed by atoms with Crippen molar-refractivity contribution in [3.05, 3.63) is 53.9 Å². The molecule has 1 aromatic carbocycles. The smallest absolute Gasteiger partial charge is 0.396 e. The number of alkyl halides is 3. The molecule has 1 heterocycles. The highest BCUT2D eigenvalue weighted by Crippen LogP contribution is 2.32. The van der Waals surface area contributed by atoms with Crippen molar-refractivity contribution in [2.45, 2.75) is 12.7 Å². The first-order valence-electron chi connectivity index (χ1n) is 5.57. The van der Waals surface area contributed by atoms with E-state index in [9.17, 15) is 13.2 Å². The zero-order valence-corrected chi connectivity index (χ0v) is 9.91. The number of nitrogen functional groups attached to an aromatic ring is 1. The Labute approximate surface area is 108 Å². The van der Waals surface area contributed by atoms with E-state index in [0.29, 0.717) is 11.4 Å². The van der Waals surface area contributed by atoms with Crippen molar-refractivity contribution in [3.63, 3.8) is 0 Å². The average molecular weight is 267 g/mol. The van der Waals surface area contributed by atoms with Crippen molar-refractivity contribution in [1.29, 1.82) is 0 Å². The SMILES string of the molecule is Nc1cnccc1NCc1ccccc1C(F)(F)F. The molecule has 100 valence electrons. The predicted octanol–water partition coefficient (Wildman–Crippen LogP) is 3.29. The lowest BCUT2D eigenvalue weighted by molar-refractivity contribution is -0.138. The molecule has 3 nitrogen and oxygen atoms in total. The molecule has 0 radical (unpaired) electrons. The van der Waals surface area contributed by atoms with Gasteiger partial charge in [0.2, 0.25) is 0 Å². The molecule has 0 aliphatic carbocycles. The van der Waals surface area contributed by atoms with Crippen LogP contribution in [0, 0.1) is 0 Å². The number of pyridine rings is 1. The number of nitrogens with one attached hydrogen (secondary N) is 1. The van der Waals surface area contributed by atoms with Gasteiger partial charge in [-0.2, -0.15) is 13.2 Å². The summed E-state index contributed by atoms with van der Waals surface area (Å²) in [5.41, 5.74) is 6.15. The zero-order valence-electron chi connectivity index (χ0n) is 9.91. The molecule has 6 heteroatoms. The molecule has 0 fully saturated rings. The molecule has 0 saturated heterocycles. The summed E-state index contributed by atoms with van der Waals surface area (Å²) >= 11 is 0. The van der Waals surface area contributed by atoms with Gasteiger partial charge in [-0.3, -0.25) is 4.98 Å². The number of benzene rings is 1. The van der Waals surface area contributed by atoms with E-state index in [1.54, 1.807) is 12.1 Å². The van der Waals surface area contributed by atoms with Crippen LogP contribution in [0.1, 0.15) is 11.1 Å². The summed E-state index contributed by atoms with van der Waals surface area (Å²) in [5, 5.41) is 2.88. The highest BCUT2D eigenvalue weighted by Gasteiger charge is 2.32. The van der Waals surface area contributed by atoms with Crippen molar-refractivity contribution in [1.82, 2.24) is 4.98 Å². The van der Waals surface area contributed by atoms with Crippen LogP contribution in [-0.2, 0) is 12.7 Å². The van der Waals surface area contributed by atoms with Crippen molar-refractivity contribution < 1.29 is 13.2 Å². The van der Waals surface area contributed by atoms with Crippen LogP contribution in [0.25, 0.3) is 0 Å². The number of rotatable bonds is 3. The van der Waals surface area contributed by atoms with Crippen LogP contribution in [0.4, 0.5) is 24.5 Å². The molecule has 0 amide bonds. The fourth-order valence-electron chi connectivity index (χ4n) is 1.71. The topological polar surface area (TPSA) is 50.9 Å². The second-order valence-corrected chi connectivity index (χ2v) is 3.97. The number of halogens is 3. The molecule has 0 spiro atoms. The Morgan fingerprint density at radius 2 is 1.89 bits per heavy atom. The van der Waals surface area contributed by atoms with E-state index < -0.39 is 11.7 Å². The standard InChI is InChI=1S/C13H12F3N3/c14-13(15,16)10-4-2-1-3-9(10)7-19-12-5-6-18-8-11(12)17/h1-6,8H,7,17H2,(H,18,19). The molecule has 0 bridgehead atoms. The minimum Gasteiger partial charge on any atom is -0.396 e. The Hall–Kier alpha value is -2.24. The summed E-state index contributed by atoms with van der Waals surface area (Å²) < 4.78 is 38.4.